The summed E-state index contributed by atoms with van der Waals surface area (Å²) in [7, 11) is 1.68. The van der Waals surface area contributed by atoms with Gasteiger partial charge in [0.15, 0.2) is 5.82 Å². The minimum atomic E-state index is -4.50. The minimum Gasteiger partial charge on any atom is -0.355 e. The van der Waals surface area contributed by atoms with Crippen LogP contribution < -0.4 is 10.2 Å². The summed E-state index contributed by atoms with van der Waals surface area (Å²) in [6.45, 7) is 1.48. The summed E-state index contributed by atoms with van der Waals surface area (Å²) >= 11 is 0. The quantitative estimate of drug-likeness (QED) is 0.886. The van der Waals surface area contributed by atoms with Crippen LogP contribution in [0.4, 0.5) is 29.5 Å². The molecule has 3 rings (SSSR count). The Balaban J connectivity index is 1.54. The molecule has 27 heavy (non-hydrogen) atoms. The molecule has 0 spiro atoms. The fraction of sp³-hybridized carbons (Fsp3) is 0.412. The van der Waals surface area contributed by atoms with Crippen LogP contribution in [0.2, 0.25) is 0 Å². The Labute approximate surface area is 154 Å². The first-order valence-corrected chi connectivity index (χ1v) is 8.44. The van der Waals surface area contributed by atoms with Crippen molar-refractivity contribution in [2.75, 3.05) is 30.4 Å². The maximum Gasteiger partial charge on any atom is 0.433 e. The van der Waals surface area contributed by atoms with Crippen LogP contribution in [-0.2, 0) is 6.18 Å². The summed E-state index contributed by atoms with van der Waals surface area (Å²) < 4.78 is 37.6. The standard InChI is InChI=1S/C17H19F3N6O/c1-25(13-6-9-26(10-7-13)15-3-2-8-22-24-15)16(27)23-12-4-5-14(21-11-12)17(18,19)20/h2-5,8,11,13H,6-7,9-10H2,1H3,(H,23,27). The molecule has 1 saturated heterocycles. The Morgan fingerprint density at radius 3 is 2.56 bits per heavy atom. The molecular formula is C17H19F3N6O. The number of hydrogen-bond acceptors (Lipinski definition) is 5. The molecule has 2 amide bonds. The number of pyridine rings is 1. The molecular weight excluding hydrogens is 361 g/mol. The number of alkyl halides is 3. The predicted molar refractivity (Wildman–Crippen MR) is 93.3 cm³/mol. The number of nitrogens with one attached hydrogen (secondary N) is 1. The number of rotatable bonds is 3. The topological polar surface area (TPSA) is 74.2 Å². The van der Waals surface area contributed by atoms with Crippen LogP contribution in [0.5, 0.6) is 0 Å². The Kier molecular flexibility index (Phi) is 5.43. The number of nitrogens with zero attached hydrogens (tertiary/aromatic N) is 5. The second-order valence-electron chi connectivity index (χ2n) is 6.27. The third-order valence-electron chi connectivity index (χ3n) is 4.52. The van der Waals surface area contributed by atoms with E-state index in [0.717, 1.165) is 44.0 Å². The zero-order valence-electron chi connectivity index (χ0n) is 14.6. The average Bonchev–Trinajstić information content (AvgIpc) is 2.68. The summed E-state index contributed by atoms with van der Waals surface area (Å²) in [5, 5.41) is 10.5. The lowest BCUT2D eigenvalue weighted by Crippen LogP contribution is -2.47. The maximum absolute atomic E-state index is 12.5. The van der Waals surface area contributed by atoms with E-state index in [4.69, 9.17) is 0 Å². The van der Waals surface area contributed by atoms with Crippen molar-refractivity contribution in [3.05, 3.63) is 42.4 Å². The molecule has 144 valence electrons. The van der Waals surface area contributed by atoms with Gasteiger partial charge in [-0.3, -0.25) is 0 Å². The molecule has 0 bridgehead atoms. The lowest BCUT2D eigenvalue weighted by Gasteiger charge is -2.37. The number of aromatic nitrogens is 3. The van der Waals surface area contributed by atoms with Gasteiger partial charge in [0.05, 0.1) is 11.9 Å². The molecule has 1 N–H and O–H groups in total. The van der Waals surface area contributed by atoms with E-state index in [1.807, 2.05) is 12.1 Å². The van der Waals surface area contributed by atoms with Crippen molar-refractivity contribution in [1.82, 2.24) is 20.1 Å². The molecule has 10 heteroatoms. The number of halogens is 3. The van der Waals surface area contributed by atoms with Crippen LogP contribution in [0.15, 0.2) is 36.7 Å². The summed E-state index contributed by atoms with van der Waals surface area (Å²) in [6.07, 6.45) is -0.371. The number of carbonyl (C=O) groups excluding carboxylic acids is 1. The predicted octanol–water partition coefficient (Wildman–Crippen LogP) is 3.02. The van der Waals surface area contributed by atoms with Gasteiger partial charge in [0, 0.05) is 32.4 Å². The van der Waals surface area contributed by atoms with Crippen molar-refractivity contribution in [2.45, 2.75) is 25.1 Å². The zero-order valence-corrected chi connectivity index (χ0v) is 14.6. The minimum absolute atomic E-state index is 0.0281. The average molecular weight is 380 g/mol. The van der Waals surface area contributed by atoms with Gasteiger partial charge in [-0.2, -0.15) is 18.3 Å². The van der Waals surface area contributed by atoms with Gasteiger partial charge in [0.25, 0.3) is 0 Å². The Morgan fingerprint density at radius 2 is 2.00 bits per heavy atom. The van der Waals surface area contributed by atoms with Gasteiger partial charge in [-0.1, -0.05) is 0 Å². The van der Waals surface area contributed by atoms with Gasteiger partial charge in [0.2, 0.25) is 0 Å². The number of anilines is 2. The largest absolute Gasteiger partial charge is 0.433 e. The Hall–Kier alpha value is -2.91. The molecule has 0 radical (unpaired) electrons. The smallest absolute Gasteiger partial charge is 0.355 e. The van der Waals surface area contributed by atoms with Gasteiger partial charge in [-0.25, -0.2) is 9.78 Å². The SMILES string of the molecule is CN(C(=O)Nc1ccc(C(F)(F)F)nc1)C1CCN(c2cccnn2)CC1. The monoisotopic (exact) mass is 380 g/mol. The fourth-order valence-electron chi connectivity index (χ4n) is 2.96. The van der Waals surface area contributed by atoms with Gasteiger partial charge in [-0.15, -0.1) is 5.10 Å². The van der Waals surface area contributed by atoms with Crippen LogP contribution in [0.25, 0.3) is 0 Å². The van der Waals surface area contributed by atoms with Crippen LogP contribution in [-0.4, -0.2) is 52.3 Å². The molecule has 7 nitrogen and oxygen atoms in total. The molecule has 2 aromatic heterocycles. The molecule has 1 aliphatic heterocycles. The summed E-state index contributed by atoms with van der Waals surface area (Å²) in [5.74, 6) is 0.805. The highest BCUT2D eigenvalue weighted by molar-refractivity contribution is 5.89. The summed E-state index contributed by atoms with van der Waals surface area (Å²) in [5.41, 5.74) is -0.776. The molecule has 0 aromatic carbocycles. The van der Waals surface area contributed by atoms with Gasteiger partial charge < -0.3 is 15.1 Å². The molecule has 3 heterocycles. The first kappa shape index (κ1) is 18.9. The molecule has 0 atom stereocenters. The fourth-order valence-corrected chi connectivity index (χ4v) is 2.96. The van der Waals surface area contributed by atoms with Crippen molar-refractivity contribution < 1.29 is 18.0 Å². The molecule has 0 saturated carbocycles. The second-order valence-corrected chi connectivity index (χ2v) is 6.27. The molecule has 0 aliphatic carbocycles. The lowest BCUT2D eigenvalue weighted by atomic mass is 10.0. The third kappa shape index (κ3) is 4.63. The van der Waals surface area contributed by atoms with Gasteiger partial charge in [-0.05, 0) is 37.1 Å². The highest BCUT2D eigenvalue weighted by Crippen LogP contribution is 2.28. The maximum atomic E-state index is 12.5. The number of hydrogen-bond donors (Lipinski definition) is 1. The zero-order chi connectivity index (χ0) is 19.4. The van der Waals surface area contributed by atoms with Crippen LogP contribution in [0.3, 0.4) is 0 Å². The number of piperidine rings is 1. The number of carbonyl (C=O) groups is 1. The number of amides is 2. The lowest BCUT2D eigenvalue weighted by molar-refractivity contribution is -0.141. The second kappa shape index (κ2) is 7.77. The van der Waals surface area contributed by atoms with E-state index in [9.17, 15) is 18.0 Å². The van der Waals surface area contributed by atoms with Crippen LogP contribution in [0, 0.1) is 0 Å². The molecule has 2 aromatic rings. The summed E-state index contributed by atoms with van der Waals surface area (Å²) in [4.78, 5) is 19.4. The van der Waals surface area contributed by atoms with Gasteiger partial charge >= 0.3 is 12.2 Å². The van der Waals surface area contributed by atoms with E-state index < -0.39 is 11.9 Å². The van der Waals surface area contributed by atoms with Crippen LogP contribution >= 0.6 is 0 Å². The highest BCUT2D eigenvalue weighted by Gasteiger charge is 2.32. The highest BCUT2D eigenvalue weighted by atomic mass is 19.4. The van der Waals surface area contributed by atoms with E-state index in [1.165, 1.54) is 6.07 Å². The van der Waals surface area contributed by atoms with Crippen molar-refractivity contribution in [2.24, 2.45) is 0 Å². The number of urea groups is 1. The molecule has 0 unspecified atom stereocenters. The first-order valence-electron chi connectivity index (χ1n) is 8.44. The van der Waals surface area contributed by atoms with E-state index in [0.29, 0.717) is 0 Å². The van der Waals surface area contributed by atoms with Crippen molar-refractivity contribution in [1.29, 1.82) is 0 Å². The Morgan fingerprint density at radius 1 is 1.26 bits per heavy atom. The Bertz CT molecular complexity index is 760. The first-order chi connectivity index (χ1) is 12.8. The van der Waals surface area contributed by atoms with Gasteiger partial charge in [0.1, 0.15) is 5.69 Å². The van der Waals surface area contributed by atoms with E-state index in [2.05, 4.69) is 25.4 Å². The van der Waals surface area contributed by atoms with Crippen molar-refractivity contribution in [3.8, 4) is 0 Å². The van der Waals surface area contributed by atoms with E-state index in [1.54, 1.807) is 18.1 Å². The van der Waals surface area contributed by atoms with E-state index >= 15 is 0 Å². The molecule has 1 aliphatic rings. The van der Waals surface area contributed by atoms with Crippen LogP contribution in [0.1, 0.15) is 18.5 Å². The normalized spacial score (nSPS) is 15.5. The third-order valence-corrected chi connectivity index (χ3v) is 4.52. The van der Waals surface area contributed by atoms with Crippen molar-refractivity contribution >= 4 is 17.5 Å². The summed E-state index contributed by atoms with van der Waals surface area (Å²) in [6, 6.07) is 5.40. The molecule has 1 fully saturated rings. The van der Waals surface area contributed by atoms with E-state index in [-0.39, 0.29) is 17.8 Å². The van der Waals surface area contributed by atoms with Crippen molar-refractivity contribution in [3.63, 3.8) is 0 Å².